The number of halogens is 1. The van der Waals surface area contributed by atoms with Crippen LogP contribution in [0.5, 0.6) is 11.5 Å². The molecule has 1 aromatic heterocycles. The van der Waals surface area contributed by atoms with Gasteiger partial charge in [-0.05, 0) is 55.7 Å². The number of fused-ring (bicyclic) bond motifs is 1. The van der Waals surface area contributed by atoms with E-state index in [1.165, 1.54) is 4.90 Å². The zero-order valence-electron chi connectivity index (χ0n) is 19.4. The number of benzene rings is 1. The largest absolute Gasteiger partial charge is 0.455 e. The smallest absolute Gasteiger partial charge is 0.251 e. The van der Waals surface area contributed by atoms with Crippen LogP contribution >= 0.6 is 0 Å². The lowest BCUT2D eigenvalue weighted by Gasteiger charge is -2.28. The number of hydrogen-bond acceptors (Lipinski definition) is 6. The Morgan fingerprint density at radius 3 is 2.68 bits per heavy atom. The molecule has 2 aliphatic heterocycles. The number of hydrogen-bond donors (Lipinski definition) is 1. The van der Waals surface area contributed by atoms with Crippen LogP contribution in [-0.4, -0.2) is 65.0 Å². The number of ketones is 1. The second-order valence-corrected chi connectivity index (χ2v) is 9.06. The number of ether oxygens (including phenoxy) is 2. The summed E-state index contributed by atoms with van der Waals surface area (Å²) in [4.78, 5) is 43.8. The van der Waals surface area contributed by atoms with Crippen LogP contribution in [0.25, 0.3) is 0 Å². The number of nitrogens with zero attached hydrogens (tertiary/aromatic N) is 2. The molecule has 0 saturated carbocycles. The summed E-state index contributed by atoms with van der Waals surface area (Å²) < 4.78 is 25.4. The number of alkyl halides is 1. The summed E-state index contributed by atoms with van der Waals surface area (Å²) in [6, 6.07) is 8.28. The van der Waals surface area contributed by atoms with Gasteiger partial charge in [0, 0.05) is 11.8 Å². The SMILES string of the molecule is Cc1ncccc1Oc1ccc(C(=O)N[C@@H](CC(C)C)C(=O)N2C[C@H](F)[C@H]3OCC(=O)[C@H]32)cc1. The molecule has 2 amide bonds. The average Bonchev–Trinajstić information content (AvgIpc) is 3.35. The van der Waals surface area contributed by atoms with Crippen LogP contribution in [0.1, 0.15) is 36.3 Å². The van der Waals surface area contributed by atoms with E-state index >= 15 is 0 Å². The molecule has 3 heterocycles. The fourth-order valence-electron chi connectivity index (χ4n) is 4.34. The van der Waals surface area contributed by atoms with Crippen LogP contribution in [0.2, 0.25) is 0 Å². The summed E-state index contributed by atoms with van der Waals surface area (Å²) in [5, 5.41) is 2.77. The molecule has 4 atom stereocenters. The summed E-state index contributed by atoms with van der Waals surface area (Å²) in [6.07, 6.45) is -0.322. The molecule has 0 radical (unpaired) electrons. The number of aromatic nitrogens is 1. The van der Waals surface area contributed by atoms with Crippen LogP contribution in [0.15, 0.2) is 42.6 Å². The third-order valence-corrected chi connectivity index (χ3v) is 6.02. The molecule has 4 rings (SSSR count). The lowest BCUT2D eigenvalue weighted by atomic mass is 10.0. The van der Waals surface area contributed by atoms with Gasteiger partial charge in [-0.3, -0.25) is 19.4 Å². The number of Topliss-reactive ketones (excluding diaryl/α,β-unsaturated/α-hetero) is 1. The van der Waals surface area contributed by atoms with Crippen molar-refractivity contribution < 1.29 is 28.2 Å². The monoisotopic (exact) mass is 469 g/mol. The van der Waals surface area contributed by atoms with Gasteiger partial charge < -0.3 is 19.7 Å². The maximum Gasteiger partial charge on any atom is 0.251 e. The van der Waals surface area contributed by atoms with Crippen molar-refractivity contribution in [3.05, 3.63) is 53.9 Å². The van der Waals surface area contributed by atoms with Crippen LogP contribution in [0.4, 0.5) is 4.39 Å². The molecular formula is C25H28FN3O5. The van der Waals surface area contributed by atoms with Gasteiger partial charge in [0.2, 0.25) is 5.91 Å². The van der Waals surface area contributed by atoms with Gasteiger partial charge in [-0.25, -0.2) is 4.39 Å². The zero-order chi connectivity index (χ0) is 24.4. The number of aryl methyl sites for hydroxylation is 1. The van der Waals surface area contributed by atoms with Crippen molar-refractivity contribution in [1.29, 1.82) is 0 Å². The van der Waals surface area contributed by atoms with Crippen molar-refractivity contribution in [3.63, 3.8) is 0 Å². The molecule has 2 aliphatic rings. The first-order valence-electron chi connectivity index (χ1n) is 11.3. The Labute approximate surface area is 197 Å². The molecule has 1 N–H and O–H groups in total. The first kappa shape index (κ1) is 23.8. The highest BCUT2D eigenvalue weighted by Crippen LogP contribution is 2.30. The standard InChI is InChI=1S/C25H28FN3O5/c1-14(2)11-19(25(32)29-12-18(26)23-22(29)20(30)13-33-23)28-24(31)16-6-8-17(9-7-16)34-21-5-4-10-27-15(21)3/h4-10,14,18-19,22-23H,11-13H2,1-3H3,(H,28,31)/t18-,19-,22+,23+/m0/s1. The van der Waals surface area contributed by atoms with Crippen LogP contribution in [-0.2, 0) is 14.3 Å². The molecule has 34 heavy (non-hydrogen) atoms. The molecule has 0 aliphatic carbocycles. The molecule has 2 saturated heterocycles. The lowest BCUT2D eigenvalue weighted by Crippen LogP contribution is -2.52. The molecule has 180 valence electrons. The van der Waals surface area contributed by atoms with Crippen molar-refractivity contribution in [2.75, 3.05) is 13.2 Å². The summed E-state index contributed by atoms with van der Waals surface area (Å²) in [7, 11) is 0. The molecule has 8 nitrogen and oxygen atoms in total. The minimum Gasteiger partial charge on any atom is -0.455 e. The number of amides is 2. The third-order valence-electron chi connectivity index (χ3n) is 6.02. The molecule has 2 aromatic rings. The Morgan fingerprint density at radius 2 is 2.00 bits per heavy atom. The lowest BCUT2D eigenvalue weighted by molar-refractivity contribution is -0.138. The highest BCUT2D eigenvalue weighted by atomic mass is 19.1. The minimum absolute atomic E-state index is 0.0860. The third kappa shape index (κ3) is 4.94. The van der Waals surface area contributed by atoms with Gasteiger partial charge in [-0.15, -0.1) is 0 Å². The van der Waals surface area contributed by atoms with Crippen molar-refractivity contribution in [3.8, 4) is 11.5 Å². The second-order valence-electron chi connectivity index (χ2n) is 9.06. The fraction of sp³-hybridized carbons (Fsp3) is 0.440. The van der Waals surface area contributed by atoms with E-state index in [-0.39, 0.29) is 24.9 Å². The van der Waals surface area contributed by atoms with Crippen molar-refractivity contribution >= 4 is 17.6 Å². The van der Waals surface area contributed by atoms with Gasteiger partial charge in [-0.1, -0.05) is 13.8 Å². The fourth-order valence-corrected chi connectivity index (χ4v) is 4.34. The Morgan fingerprint density at radius 1 is 1.26 bits per heavy atom. The van der Waals surface area contributed by atoms with E-state index in [1.54, 1.807) is 42.6 Å². The van der Waals surface area contributed by atoms with E-state index in [2.05, 4.69) is 10.3 Å². The van der Waals surface area contributed by atoms with E-state index in [0.29, 0.717) is 23.5 Å². The minimum atomic E-state index is -1.42. The van der Waals surface area contributed by atoms with Gasteiger partial charge >= 0.3 is 0 Å². The van der Waals surface area contributed by atoms with Crippen LogP contribution < -0.4 is 10.1 Å². The predicted octanol–water partition coefficient (Wildman–Crippen LogP) is 2.84. The first-order valence-corrected chi connectivity index (χ1v) is 11.3. The maximum atomic E-state index is 14.4. The summed E-state index contributed by atoms with van der Waals surface area (Å²) in [5.41, 5.74) is 1.09. The van der Waals surface area contributed by atoms with E-state index < -0.39 is 36.2 Å². The molecular weight excluding hydrogens is 441 g/mol. The number of carbonyl (C=O) groups excluding carboxylic acids is 3. The Hall–Kier alpha value is -3.33. The van der Waals surface area contributed by atoms with Crippen molar-refractivity contribution in [2.45, 2.75) is 51.6 Å². The summed E-state index contributed by atoms with van der Waals surface area (Å²) >= 11 is 0. The maximum absolute atomic E-state index is 14.4. The van der Waals surface area contributed by atoms with Gasteiger partial charge in [0.15, 0.2) is 5.78 Å². The van der Waals surface area contributed by atoms with Crippen molar-refractivity contribution in [1.82, 2.24) is 15.2 Å². The quantitative estimate of drug-likeness (QED) is 0.670. The molecule has 0 bridgehead atoms. The topological polar surface area (TPSA) is 97.8 Å². The first-order chi connectivity index (χ1) is 16.2. The van der Waals surface area contributed by atoms with Crippen molar-refractivity contribution in [2.24, 2.45) is 5.92 Å². The molecule has 0 unspecified atom stereocenters. The Kier molecular flexibility index (Phi) is 6.92. The van der Waals surface area contributed by atoms with E-state index in [1.807, 2.05) is 20.8 Å². The van der Waals surface area contributed by atoms with Gasteiger partial charge in [-0.2, -0.15) is 0 Å². The molecule has 0 spiro atoms. The average molecular weight is 470 g/mol. The summed E-state index contributed by atoms with van der Waals surface area (Å²) in [5.74, 6) is 0.0187. The zero-order valence-corrected chi connectivity index (χ0v) is 19.4. The number of nitrogens with one attached hydrogen (secondary N) is 1. The van der Waals surface area contributed by atoms with Gasteiger partial charge in [0.05, 0.1) is 12.2 Å². The van der Waals surface area contributed by atoms with Crippen LogP contribution in [0, 0.1) is 12.8 Å². The molecule has 2 fully saturated rings. The van der Waals surface area contributed by atoms with E-state index in [4.69, 9.17) is 9.47 Å². The number of pyridine rings is 1. The van der Waals surface area contributed by atoms with Gasteiger partial charge in [0.1, 0.15) is 42.5 Å². The number of likely N-dealkylation sites (tertiary alicyclic amines) is 1. The second kappa shape index (κ2) is 9.89. The van der Waals surface area contributed by atoms with E-state index in [9.17, 15) is 18.8 Å². The molecule has 1 aromatic carbocycles. The predicted molar refractivity (Wildman–Crippen MR) is 121 cm³/mol. The summed E-state index contributed by atoms with van der Waals surface area (Å²) in [6.45, 7) is 5.26. The highest BCUT2D eigenvalue weighted by molar-refractivity contribution is 5.99. The normalized spacial score (nSPS) is 22.6. The van der Waals surface area contributed by atoms with Gasteiger partial charge in [0.25, 0.3) is 5.91 Å². The van der Waals surface area contributed by atoms with Crippen LogP contribution in [0.3, 0.4) is 0 Å². The number of rotatable bonds is 7. The number of carbonyl (C=O) groups is 3. The van der Waals surface area contributed by atoms with E-state index in [0.717, 1.165) is 5.69 Å². The Bertz CT molecular complexity index is 1070. The Balaban J connectivity index is 1.46. The highest BCUT2D eigenvalue weighted by Gasteiger charge is 2.53. The molecule has 9 heteroatoms.